The van der Waals surface area contributed by atoms with E-state index in [4.69, 9.17) is 0 Å². The molecule has 10 aromatic rings. The highest BCUT2D eigenvalue weighted by molar-refractivity contribution is 7.20. The predicted molar refractivity (Wildman–Crippen MR) is 274 cm³/mol. The summed E-state index contributed by atoms with van der Waals surface area (Å²) < 4.78 is 0. The van der Waals surface area contributed by atoms with Gasteiger partial charge in [-0.25, -0.2) is 0 Å². The van der Waals surface area contributed by atoms with Crippen LogP contribution in [0.15, 0.2) is 255 Å². The number of hydrogen-bond acceptors (Lipinski definition) is 0. The number of fused-ring (bicyclic) bond motifs is 4. The highest BCUT2D eigenvalue weighted by Crippen LogP contribution is 2.49. The summed E-state index contributed by atoms with van der Waals surface area (Å²) in [6.07, 6.45) is 0. The molecule has 2 heteroatoms. The smallest absolute Gasteiger partial charge is 0.0623 e. The quantitative estimate of drug-likeness (QED) is 0.100. The van der Waals surface area contributed by atoms with E-state index in [0.717, 1.165) is 0 Å². The van der Waals surface area contributed by atoms with Crippen molar-refractivity contribution < 1.29 is 0 Å². The third-order valence-corrected chi connectivity index (χ3v) is 23.5. The van der Waals surface area contributed by atoms with Gasteiger partial charge in [-0.05, 0) is 97.8 Å². The van der Waals surface area contributed by atoms with Crippen LogP contribution in [0.3, 0.4) is 0 Å². The molecule has 1 aliphatic rings. The Morgan fingerprint density at radius 1 is 0.254 bits per heavy atom. The lowest BCUT2D eigenvalue weighted by Gasteiger charge is -2.35. The van der Waals surface area contributed by atoms with Crippen LogP contribution in [0, 0.1) is 0 Å². The number of benzene rings is 10. The Balaban J connectivity index is 1.01. The normalized spacial score (nSPS) is 13.0. The minimum absolute atomic E-state index is 0.188. The molecule has 0 N–H and O–H groups in total. The van der Waals surface area contributed by atoms with Gasteiger partial charge in [-0.1, -0.05) is 257 Å². The van der Waals surface area contributed by atoms with E-state index in [9.17, 15) is 0 Å². The van der Waals surface area contributed by atoms with E-state index < -0.39 is 16.1 Å². The first-order chi connectivity index (χ1) is 31.0. The second-order valence-corrected chi connectivity index (χ2v) is 25.2. The Morgan fingerprint density at radius 3 is 0.984 bits per heavy atom. The Labute approximate surface area is 373 Å². The molecule has 0 spiro atoms. The highest BCUT2D eigenvalue weighted by atomic mass is 28.3. The maximum absolute atomic E-state index is 2.67. The zero-order chi connectivity index (χ0) is 42.4. The molecule has 0 saturated carbocycles. The van der Waals surface area contributed by atoms with E-state index in [1.54, 1.807) is 0 Å². The fourth-order valence-electron chi connectivity index (χ4n) is 10.9. The van der Waals surface area contributed by atoms with E-state index in [1.807, 2.05) is 0 Å². The van der Waals surface area contributed by atoms with Crippen LogP contribution < -0.4 is 41.5 Å². The zero-order valence-corrected chi connectivity index (χ0v) is 37.7. The lowest BCUT2D eigenvalue weighted by Crippen LogP contribution is -2.74. The van der Waals surface area contributed by atoms with Crippen LogP contribution in [0.2, 0.25) is 0 Å². The van der Waals surface area contributed by atoms with Gasteiger partial charge in [-0.15, -0.1) is 0 Å². The molecular formula is C61H48Si2. The highest BCUT2D eigenvalue weighted by Gasteiger charge is 2.44. The maximum Gasteiger partial charge on any atom is 0.179 e. The van der Waals surface area contributed by atoms with Gasteiger partial charge in [0.1, 0.15) is 0 Å². The van der Waals surface area contributed by atoms with Gasteiger partial charge in [0.2, 0.25) is 0 Å². The van der Waals surface area contributed by atoms with Crippen LogP contribution in [0.25, 0.3) is 33.0 Å². The Bertz CT molecular complexity index is 3020. The molecule has 0 fully saturated rings. The van der Waals surface area contributed by atoms with Gasteiger partial charge in [0.05, 0.1) is 0 Å². The Kier molecular flexibility index (Phi) is 9.64. The van der Waals surface area contributed by atoms with E-state index in [-0.39, 0.29) is 5.41 Å². The molecular weight excluding hydrogens is 789 g/mol. The largest absolute Gasteiger partial charge is 0.179 e. The molecule has 0 unspecified atom stereocenters. The second-order valence-electron chi connectivity index (χ2n) is 17.6. The standard InChI is InChI=1S/C61H48Si2/c1-61(2)59-43-48(36-39-57(59)58-40-38-56(44-60(58)61)63(52-27-15-6-16-28-52,53-29-17-7-18-30-53)54-31-19-8-20-32-54)45-33-34-47-42-55(37-35-46(47)41-45)62(49-21-9-3-10-22-49,50-23-11-4-12-24-50)51-25-13-5-14-26-51/h3-44H,1-2H3. The lowest BCUT2D eigenvalue weighted by molar-refractivity contribution is 0.661. The van der Waals surface area contributed by atoms with Gasteiger partial charge in [-0.3, -0.25) is 0 Å². The molecule has 0 heterocycles. The van der Waals surface area contributed by atoms with Crippen LogP contribution >= 0.6 is 0 Å². The molecule has 0 atom stereocenters. The summed E-state index contributed by atoms with van der Waals surface area (Å²) in [5.74, 6) is 0. The van der Waals surface area contributed by atoms with Gasteiger partial charge < -0.3 is 0 Å². The molecule has 0 aromatic heterocycles. The topological polar surface area (TPSA) is 0 Å². The first kappa shape index (κ1) is 38.8. The molecule has 0 nitrogen and oxygen atoms in total. The molecule has 0 amide bonds. The molecule has 0 radical (unpaired) electrons. The molecule has 63 heavy (non-hydrogen) atoms. The van der Waals surface area contributed by atoms with Gasteiger partial charge in [-0.2, -0.15) is 0 Å². The van der Waals surface area contributed by atoms with E-state index in [2.05, 4.69) is 269 Å². The van der Waals surface area contributed by atoms with Crippen LogP contribution in [0.5, 0.6) is 0 Å². The molecule has 0 bridgehead atoms. The van der Waals surface area contributed by atoms with Crippen molar-refractivity contribution in [2.45, 2.75) is 19.3 Å². The van der Waals surface area contributed by atoms with Crippen molar-refractivity contribution in [2.24, 2.45) is 0 Å². The van der Waals surface area contributed by atoms with Crippen molar-refractivity contribution in [3.8, 4) is 22.3 Å². The molecule has 10 aromatic carbocycles. The van der Waals surface area contributed by atoms with Crippen molar-refractivity contribution in [2.75, 3.05) is 0 Å². The zero-order valence-electron chi connectivity index (χ0n) is 35.7. The minimum Gasteiger partial charge on any atom is -0.0623 e. The molecule has 300 valence electrons. The third kappa shape index (κ3) is 6.24. The minimum atomic E-state index is -2.67. The fourth-order valence-corrected chi connectivity index (χ4v) is 20.5. The molecule has 1 aliphatic carbocycles. The van der Waals surface area contributed by atoms with Crippen LogP contribution in [0.1, 0.15) is 25.0 Å². The third-order valence-electron chi connectivity index (χ3n) is 14.0. The summed E-state index contributed by atoms with van der Waals surface area (Å²) in [4.78, 5) is 0. The molecule has 0 aliphatic heterocycles. The maximum atomic E-state index is 2.57. The summed E-state index contributed by atoms with van der Waals surface area (Å²) in [6, 6.07) is 96.3. The van der Waals surface area contributed by atoms with Crippen molar-refractivity contribution >= 4 is 68.4 Å². The summed E-state index contributed by atoms with van der Waals surface area (Å²) in [6.45, 7) is 4.85. The average molecular weight is 837 g/mol. The fraction of sp³-hybridized carbons (Fsp3) is 0.0492. The first-order valence-corrected chi connectivity index (χ1v) is 26.2. The van der Waals surface area contributed by atoms with Crippen LogP contribution in [-0.4, -0.2) is 16.1 Å². The molecule has 11 rings (SSSR count). The first-order valence-electron chi connectivity index (χ1n) is 22.2. The summed E-state index contributed by atoms with van der Waals surface area (Å²) >= 11 is 0. The SMILES string of the molecule is CC1(C)c2cc(-c3ccc4cc([Si](c5ccccc5)(c5ccccc5)c5ccccc5)ccc4c3)ccc2-c2ccc([Si](c3ccccc3)(c3ccccc3)c3ccccc3)cc21. The molecule has 0 saturated heterocycles. The van der Waals surface area contributed by atoms with E-state index >= 15 is 0 Å². The van der Waals surface area contributed by atoms with Crippen molar-refractivity contribution in [3.63, 3.8) is 0 Å². The monoisotopic (exact) mass is 836 g/mol. The Hall–Kier alpha value is -7.11. The van der Waals surface area contributed by atoms with Crippen molar-refractivity contribution in [1.82, 2.24) is 0 Å². The summed E-state index contributed by atoms with van der Waals surface area (Å²) in [7, 11) is -5.30. The number of rotatable bonds is 9. The van der Waals surface area contributed by atoms with Gasteiger partial charge in [0.25, 0.3) is 0 Å². The van der Waals surface area contributed by atoms with Gasteiger partial charge in [0.15, 0.2) is 16.1 Å². The summed E-state index contributed by atoms with van der Waals surface area (Å²) in [5.41, 5.74) is 7.78. The van der Waals surface area contributed by atoms with Crippen molar-refractivity contribution in [1.29, 1.82) is 0 Å². The Morgan fingerprint density at radius 2 is 0.556 bits per heavy atom. The van der Waals surface area contributed by atoms with Gasteiger partial charge >= 0.3 is 0 Å². The van der Waals surface area contributed by atoms with E-state index in [0.29, 0.717) is 0 Å². The second kappa shape index (κ2) is 15.7. The summed E-state index contributed by atoms with van der Waals surface area (Å²) in [5, 5.41) is 13.7. The van der Waals surface area contributed by atoms with Crippen LogP contribution in [0.4, 0.5) is 0 Å². The number of hydrogen-bond donors (Lipinski definition) is 0. The average Bonchev–Trinajstić information content (AvgIpc) is 3.58. The lowest BCUT2D eigenvalue weighted by atomic mass is 9.81. The van der Waals surface area contributed by atoms with Crippen LogP contribution in [-0.2, 0) is 5.41 Å². The van der Waals surface area contributed by atoms with Crippen molar-refractivity contribution in [3.05, 3.63) is 266 Å². The predicted octanol–water partition coefficient (Wildman–Crippen LogP) is 9.57. The van der Waals surface area contributed by atoms with E-state index in [1.165, 1.54) is 85.6 Å². The van der Waals surface area contributed by atoms with Gasteiger partial charge in [0, 0.05) is 5.41 Å².